The Bertz CT molecular complexity index is 317. The molecule has 0 aromatic heterocycles. The molecule has 5 heteroatoms. The van der Waals surface area contributed by atoms with E-state index in [9.17, 15) is 9.18 Å². The Morgan fingerprint density at radius 2 is 2.21 bits per heavy atom. The topological polar surface area (TPSA) is 64.3 Å². The highest BCUT2D eigenvalue weighted by Crippen LogP contribution is 2.05. The Kier molecular flexibility index (Phi) is 4.03. The second kappa shape index (κ2) is 5.31. The van der Waals surface area contributed by atoms with Gasteiger partial charge in [0.25, 0.3) is 5.91 Å². The summed E-state index contributed by atoms with van der Waals surface area (Å²) >= 11 is 0. The van der Waals surface area contributed by atoms with E-state index in [0.29, 0.717) is 0 Å². The number of nitrogens with one attached hydrogen (secondary N) is 1. The van der Waals surface area contributed by atoms with Crippen LogP contribution in [0.2, 0.25) is 0 Å². The number of carbonyl (C=O) groups is 1. The Morgan fingerprint density at radius 3 is 2.86 bits per heavy atom. The van der Waals surface area contributed by atoms with E-state index in [4.69, 9.17) is 5.90 Å². The number of nitrogens with two attached hydrogens (primary N) is 1. The molecule has 4 nitrogen and oxygen atoms in total. The largest absolute Gasteiger partial charge is 0.350 e. The van der Waals surface area contributed by atoms with E-state index in [1.807, 2.05) is 0 Å². The SMILES string of the molecule is NOCCNC(=O)c1ccccc1F. The first-order valence-corrected chi connectivity index (χ1v) is 4.10. The van der Waals surface area contributed by atoms with Crippen molar-refractivity contribution in [2.45, 2.75) is 0 Å². The lowest BCUT2D eigenvalue weighted by Gasteiger charge is -2.04. The van der Waals surface area contributed by atoms with Gasteiger partial charge in [-0.15, -0.1) is 0 Å². The van der Waals surface area contributed by atoms with Crippen molar-refractivity contribution in [2.75, 3.05) is 13.2 Å². The maximum atomic E-state index is 13.0. The number of hydrogen-bond donors (Lipinski definition) is 2. The molecular formula is C9H11FN2O2. The van der Waals surface area contributed by atoms with Crippen LogP contribution < -0.4 is 11.2 Å². The van der Waals surface area contributed by atoms with E-state index in [1.165, 1.54) is 18.2 Å². The van der Waals surface area contributed by atoms with Crippen molar-refractivity contribution < 1.29 is 14.0 Å². The van der Waals surface area contributed by atoms with Gasteiger partial charge in [-0.2, -0.15) is 0 Å². The first-order valence-electron chi connectivity index (χ1n) is 4.10. The molecule has 0 atom stereocenters. The van der Waals surface area contributed by atoms with Gasteiger partial charge in [0.15, 0.2) is 0 Å². The van der Waals surface area contributed by atoms with Crippen molar-refractivity contribution in [3.8, 4) is 0 Å². The van der Waals surface area contributed by atoms with E-state index in [-0.39, 0.29) is 18.7 Å². The minimum Gasteiger partial charge on any atom is -0.350 e. The molecule has 0 fully saturated rings. The highest BCUT2D eigenvalue weighted by Gasteiger charge is 2.09. The first-order chi connectivity index (χ1) is 6.75. The zero-order valence-electron chi connectivity index (χ0n) is 7.50. The monoisotopic (exact) mass is 198 g/mol. The molecule has 0 aliphatic carbocycles. The molecule has 76 valence electrons. The highest BCUT2D eigenvalue weighted by molar-refractivity contribution is 5.94. The van der Waals surface area contributed by atoms with E-state index >= 15 is 0 Å². The fourth-order valence-electron chi connectivity index (χ4n) is 0.964. The average molecular weight is 198 g/mol. The Balaban J connectivity index is 2.56. The maximum Gasteiger partial charge on any atom is 0.254 e. The molecule has 0 unspecified atom stereocenters. The van der Waals surface area contributed by atoms with Crippen LogP contribution in [0.1, 0.15) is 10.4 Å². The molecule has 0 radical (unpaired) electrons. The molecule has 1 amide bonds. The van der Waals surface area contributed by atoms with Crippen LogP contribution in [0.25, 0.3) is 0 Å². The first kappa shape index (κ1) is 10.6. The lowest BCUT2D eigenvalue weighted by atomic mass is 10.2. The number of carbonyl (C=O) groups excluding carboxylic acids is 1. The predicted octanol–water partition coefficient (Wildman–Crippen LogP) is 0.446. The van der Waals surface area contributed by atoms with Crippen LogP contribution in [0.15, 0.2) is 24.3 Å². The quantitative estimate of drug-likeness (QED) is 0.545. The standard InChI is InChI=1S/C9H11FN2O2/c10-8-4-2-1-3-7(8)9(13)12-5-6-14-11/h1-4H,5-6,11H2,(H,12,13). The summed E-state index contributed by atoms with van der Waals surface area (Å²) in [6.45, 7) is 0.448. The molecule has 0 saturated heterocycles. The van der Waals surface area contributed by atoms with Gasteiger partial charge in [-0.3, -0.25) is 4.79 Å². The van der Waals surface area contributed by atoms with Crippen molar-refractivity contribution in [1.29, 1.82) is 0 Å². The maximum absolute atomic E-state index is 13.0. The van der Waals surface area contributed by atoms with Gasteiger partial charge in [-0.1, -0.05) is 12.1 Å². The summed E-state index contributed by atoms with van der Waals surface area (Å²) in [6, 6.07) is 5.76. The molecule has 0 spiro atoms. The summed E-state index contributed by atoms with van der Waals surface area (Å²) in [5, 5.41) is 2.46. The average Bonchev–Trinajstić information content (AvgIpc) is 2.18. The third-order valence-corrected chi connectivity index (χ3v) is 1.62. The Morgan fingerprint density at radius 1 is 1.50 bits per heavy atom. The molecule has 0 heterocycles. The Labute approximate surface area is 80.8 Å². The molecule has 1 rings (SSSR count). The van der Waals surface area contributed by atoms with Gasteiger partial charge in [-0.25, -0.2) is 10.3 Å². The lowest BCUT2D eigenvalue weighted by molar-refractivity contribution is 0.0913. The minimum atomic E-state index is -0.543. The van der Waals surface area contributed by atoms with Crippen LogP contribution in [-0.2, 0) is 4.84 Å². The molecule has 3 N–H and O–H groups in total. The second-order valence-corrected chi connectivity index (χ2v) is 2.61. The van der Waals surface area contributed by atoms with Crippen LogP contribution in [0.4, 0.5) is 4.39 Å². The van der Waals surface area contributed by atoms with E-state index in [1.54, 1.807) is 6.07 Å². The zero-order valence-corrected chi connectivity index (χ0v) is 7.50. The number of rotatable bonds is 4. The lowest BCUT2D eigenvalue weighted by Crippen LogP contribution is -2.28. The van der Waals surface area contributed by atoms with Gasteiger partial charge >= 0.3 is 0 Å². The van der Waals surface area contributed by atoms with Gasteiger partial charge in [0.2, 0.25) is 0 Å². The molecule has 0 aliphatic rings. The highest BCUT2D eigenvalue weighted by atomic mass is 19.1. The van der Waals surface area contributed by atoms with Crippen molar-refractivity contribution in [3.05, 3.63) is 35.6 Å². The normalized spacial score (nSPS) is 9.86. The van der Waals surface area contributed by atoms with Gasteiger partial charge < -0.3 is 10.2 Å². The summed E-state index contributed by atoms with van der Waals surface area (Å²) < 4.78 is 13.0. The van der Waals surface area contributed by atoms with Crippen molar-refractivity contribution in [1.82, 2.24) is 5.32 Å². The number of benzene rings is 1. The van der Waals surface area contributed by atoms with E-state index in [0.717, 1.165) is 0 Å². The predicted molar refractivity (Wildman–Crippen MR) is 48.9 cm³/mol. The van der Waals surface area contributed by atoms with Crippen LogP contribution in [0, 0.1) is 5.82 Å². The molecular weight excluding hydrogens is 187 g/mol. The smallest absolute Gasteiger partial charge is 0.254 e. The zero-order chi connectivity index (χ0) is 10.4. The molecule has 14 heavy (non-hydrogen) atoms. The van der Waals surface area contributed by atoms with E-state index < -0.39 is 11.7 Å². The van der Waals surface area contributed by atoms with Crippen molar-refractivity contribution in [2.24, 2.45) is 5.90 Å². The van der Waals surface area contributed by atoms with E-state index in [2.05, 4.69) is 10.2 Å². The van der Waals surface area contributed by atoms with Crippen LogP contribution in [-0.4, -0.2) is 19.1 Å². The fraction of sp³-hybridized carbons (Fsp3) is 0.222. The summed E-state index contributed by atoms with van der Waals surface area (Å²) in [6.07, 6.45) is 0. The third kappa shape index (κ3) is 2.79. The number of amides is 1. The molecule has 0 bridgehead atoms. The second-order valence-electron chi connectivity index (χ2n) is 2.61. The van der Waals surface area contributed by atoms with Crippen LogP contribution in [0.3, 0.4) is 0 Å². The molecule has 0 saturated carbocycles. The molecule has 0 aliphatic heterocycles. The van der Waals surface area contributed by atoms with Gasteiger partial charge in [-0.05, 0) is 12.1 Å². The summed E-state index contributed by atoms with van der Waals surface area (Å²) in [5.74, 6) is 3.74. The van der Waals surface area contributed by atoms with Crippen molar-refractivity contribution in [3.63, 3.8) is 0 Å². The van der Waals surface area contributed by atoms with Crippen molar-refractivity contribution >= 4 is 5.91 Å². The summed E-state index contributed by atoms with van der Waals surface area (Å²) in [5.41, 5.74) is 0.0181. The summed E-state index contributed by atoms with van der Waals surface area (Å²) in [7, 11) is 0. The fourth-order valence-corrected chi connectivity index (χ4v) is 0.964. The Hall–Kier alpha value is -1.46. The summed E-state index contributed by atoms with van der Waals surface area (Å²) in [4.78, 5) is 15.5. The number of hydrogen-bond acceptors (Lipinski definition) is 3. The van der Waals surface area contributed by atoms with Gasteiger partial charge in [0, 0.05) is 6.54 Å². The molecule has 1 aromatic carbocycles. The molecule has 1 aromatic rings. The van der Waals surface area contributed by atoms with Gasteiger partial charge in [0.1, 0.15) is 5.82 Å². The van der Waals surface area contributed by atoms with Gasteiger partial charge in [0.05, 0.1) is 12.2 Å². The minimum absolute atomic E-state index is 0.0181. The van der Waals surface area contributed by atoms with Crippen LogP contribution in [0.5, 0.6) is 0 Å². The third-order valence-electron chi connectivity index (χ3n) is 1.62. The number of halogens is 1. The van der Waals surface area contributed by atoms with Crippen LogP contribution >= 0.6 is 0 Å².